The highest BCUT2D eigenvalue weighted by molar-refractivity contribution is 7.98. The zero-order valence-corrected chi connectivity index (χ0v) is 23.0. The Bertz CT molecular complexity index is 1510. The molecule has 2 heterocycles. The fourth-order valence-electron chi connectivity index (χ4n) is 5.03. The fraction of sp³-hybridized carbons (Fsp3) is 0.267. The van der Waals surface area contributed by atoms with Crippen molar-refractivity contribution in [1.29, 1.82) is 0 Å². The summed E-state index contributed by atoms with van der Waals surface area (Å²) in [4.78, 5) is 19.5. The summed E-state index contributed by atoms with van der Waals surface area (Å²) >= 11 is 7.76. The Morgan fingerprint density at radius 3 is 2.67 bits per heavy atom. The molecule has 1 aromatic heterocycles. The van der Waals surface area contributed by atoms with Crippen molar-refractivity contribution in [3.05, 3.63) is 88.9 Å². The fourth-order valence-corrected chi connectivity index (χ4v) is 6.09. The molecule has 0 unspecified atom stereocenters. The Hall–Kier alpha value is -3.62. The highest BCUT2D eigenvalue weighted by atomic mass is 35.5. The van der Waals surface area contributed by atoms with E-state index in [-0.39, 0.29) is 12.0 Å². The number of anilines is 1. The van der Waals surface area contributed by atoms with Gasteiger partial charge in [-0.25, -0.2) is 0 Å². The first-order chi connectivity index (χ1) is 19.1. The second-order valence-electron chi connectivity index (χ2n) is 9.60. The quantitative estimate of drug-likeness (QED) is 0.231. The molecule has 1 saturated carbocycles. The minimum Gasteiger partial charge on any atom is -0.490 e. The predicted molar refractivity (Wildman–Crippen MR) is 152 cm³/mol. The van der Waals surface area contributed by atoms with Gasteiger partial charge in [0, 0.05) is 28.8 Å². The van der Waals surface area contributed by atoms with Gasteiger partial charge in [-0.3, -0.25) is 9.69 Å². The molecule has 1 aliphatic carbocycles. The van der Waals surface area contributed by atoms with Gasteiger partial charge in [0.2, 0.25) is 23.2 Å². The molecule has 2 aliphatic rings. The normalized spacial score (nSPS) is 16.7. The predicted octanol–water partition coefficient (Wildman–Crippen LogP) is 7.25. The highest BCUT2D eigenvalue weighted by Gasteiger charge is 2.35. The average molecular weight is 559 g/mol. The molecule has 0 N–H and O–H groups in total. The molecule has 1 amide bonds. The number of fused-ring (bicyclic) bond motifs is 3. The standard InChI is InChI=1S/C30H27ClN4O3S/c1-19(36)35-26-16-7-5-14-24(26)27-28(32-30(34-33-27)39-18-21-9-2-6-15-25(21)31)38-29(35)20-10-8-13-23(17-20)37-22-11-3-4-12-22/h2,5-10,13-17,22,29H,3-4,11-12,18H2,1H3/t29-/m0/s1. The minimum atomic E-state index is -0.768. The summed E-state index contributed by atoms with van der Waals surface area (Å²) in [5.41, 5.74) is 3.66. The van der Waals surface area contributed by atoms with Crippen molar-refractivity contribution in [2.45, 2.75) is 55.8 Å². The number of rotatable bonds is 6. The topological polar surface area (TPSA) is 77.4 Å². The van der Waals surface area contributed by atoms with E-state index in [4.69, 9.17) is 26.1 Å². The Balaban J connectivity index is 1.38. The smallest absolute Gasteiger partial charge is 0.247 e. The molecule has 6 rings (SSSR count). The van der Waals surface area contributed by atoms with E-state index in [0.717, 1.165) is 35.3 Å². The maximum Gasteiger partial charge on any atom is 0.247 e. The number of carbonyl (C=O) groups is 1. The van der Waals surface area contributed by atoms with E-state index in [1.54, 1.807) is 4.90 Å². The van der Waals surface area contributed by atoms with Crippen molar-refractivity contribution < 1.29 is 14.3 Å². The van der Waals surface area contributed by atoms with Crippen LogP contribution in [0.15, 0.2) is 78.0 Å². The van der Waals surface area contributed by atoms with Gasteiger partial charge in [0.05, 0.1) is 11.8 Å². The van der Waals surface area contributed by atoms with Crippen LogP contribution in [0.25, 0.3) is 11.3 Å². The van der Waals surface area contributed by atoms with Crippen LogP contribution in [-0.4, -0.2) is 27.2 Å². The number of para-hydroxylation sites is 1. The molecular formula is C30H27ClN4O3S. The second-order valence-corrected chi connectivity index (χ2v) is 11.0. The number of amides is 1. The van der Waals surface area contributed by atoms with E-state index in [2.05, 4.69) is 10.2 Å². The Kier molecular flexibility index (Phi) is 7.39. The lowest BCUT2D eigenvalue weighted by molar-refractivity contribution is -0.118. The molecule has 39 heavy (non-hydrogen) atoms. The zero-order chi connectivity index (χ0) is 26.8. The summed E-state index contributed by atoms with van der Waals surface area (Å²) in [6, 6.07) is 23.1. The van der Waals surface area contributed by atoms with Gasteiger partial charge in [-0.2, -0.15) is 4.98 Å². The summed E-state index contributed by atoms with van der Waals surface area (Å²) < 4.78 is 12.8. The number of hydrogen-bond acceptors (Lipinski definition) is 7. The number of aromatic nitrogens is 3. The lowest BCUT2D eigenvalue weighted by atomic mass is 10.1. The van der Waals surface area contributed by atoms with E-state index in [0.29, 0.717) is 33.2 Å². The summed E-state index contributed by atoms with van der Waals surface area (Å²) in [6.45, 7) is 1.53. The van der Waals surface area contributed by atoms with Crippen LogP contribution in [0.4, 0.5) is 5.69 Å². The molecule has 1 atom stereocenters. The first-order valence-corrected chi connectivity index (χ1v) is 14.4. The minimum absolute atomic E-state index is 0.163. The number of carbonyl (C=O) groups excluding carboxylic acids is 1. The molecule has 1 fully saturated rings. The van der Waals surface area contributed by atoms with Crippen molar-refractivity contribution in [2.75, 3.05) is 4.90 Å². The number of thioether (sulfide) groups is 1. The SMILES string of the molecule is CC(=O)N1c2ccccc2-c2nnc(SCc3ccccc3Cl)nc2O[C@H]1c1cccc(OC2CCCC2)c1. The van der Waals surface area contributed by atoms with Gasteiger partial charge >= 0.3 is 0 Å². The number of nitrogens with zero attached hydrogens (tertiary/aromatic N) is 4. The van der Waals surface area contributed by atoms with Crippen LogP contribution in [0.3, 0.4) is 0 Å². The molecule has 0 bridgehead atoms. The lowest BCUT2D eigenvalue weighted by Gasteiger charge is -2.30. The van der Waals surface area contributed by atoms with E-state index in [9.17, 15) is 4.79 Å². The third kappa shape index (κ3) is 5.44. The second kappa shape index (κ2) is 11.2. The molecule has 4 aromatic rings. The first-order valence-electron chi connectivity index (χ1n) is 13.0. The third-order valence-electron chi connectivity index (χ3n) is 6.91. The van der Waals surface area contributed by atoms with Gasteiger partial charge in [-0.15, -0.1) is 10.2 Å². The molecule has 9 heteroatoms. The Labute approximate surface area is 236 Å². The van der Waals surface area contributed by atoms with E-state index >= 15 is 0 Å². The van der Waals surface area contributed by atoms with Crippen LogP contribution in [0.1, 0.15) is 50.0 Å². The van der Waals surface area contributed by atoms with Crippen LogP contribution >= 0.6 is 23.4 Å². The third-order valence-corrected chi connectivity index (χ3v) is 8.17. The number of halogens is 1. The van der Waals surface area contributed by atoms with Gasteiger partial charge < -0.3 is 9.47 Å². The summed E-state index contributed by atoms with van der Waals surface area (Å²) in [6.07, 6.45) is 3.94. The van der Waals surface area contributed by atoms with Crippen LogP contribution in [0.2, 0.25) is 5.02 Å². The Morgan fingerprint density at radius 2 is 1.85 bits per heavy atom. The number of ether oxygens (including phenoxy) is 2. The number of hydrogen-bond donors (Lipinski definition) is 0. The summed E-state index contributed by atoms with van der Waals surface area (Å²) in [5.74, 6) is 1.50. The van der Waals surface area contributed by atoms with Crippen LogP contribution < -0.4 is 14.4 Å². The highest BCUT2D eigenvalue weighted by Crippen LogP contribution is 2.44. The largest absolute Gasteiger partial charge is 0.490 e. The van der Waals surface area contributed by atoms with E-state index in [1.807, 2.05) is 72.8 Å². The van der Waals surface area contributed by atoms with Crippen molar-refractivity contribution in [3.8, 4) is 22.9 Å². The van der Waals surface area contributed by atoms with Crippen LogP contribution in [0.5, 0.6) is 11.6 Å². The van der Waals surface area contributed by atoms with E-state index in [1.165, 1.54) is 31.5 Å². The molecule has 0 saturated heterocycles. The van der Waals surface area contributed by atoms with Crippen molar-refractivity contribution in [3.63, 3.8) is 0 Å². The van der Waals surface area contributed by atoms with Crippen LogP contribution in [-0.2, 0) is 10.5 Å². The zero-order valence-electron chi connectivity index (χ0n) is 21.4. The van der Waals surface area contributed by atoms with Gasteiger partial charge in [0.15, 0.2) is 5.69 Å². The molecule has 0 radical (unpaired) electrons. The average Bonchev–Trinajstić information content (AvgIpc) is 3.40. The van der Waals surface area contributed by atoms with Gasteiger partial charge in [-0.05, 0) is 55.5 Å². The van der Waals surface area contributed by atoms with Crippen LogP contribution in [0, 0.1) is 0 Å². The number of benzene rings is 3. The maximum atomic E-state index is 13.1. The molecule has 3 aromatic carbocycles. The lowest BCUT2D eigenvalue weighted by Crippen LogP contribution is -2.36. The maximum absolute atomic E-state index is 13.1. The molecule has 198 valence electrons. The van der Waals surface area contributed by atoms with Gasteiger partial charge in [-0.1, -0.05) is 71.9 Å². The molecular weight excluding hydrogens is 532 g/mol. The van der Waals surface area contributed by atoms with Crippen molar-refractivity contribution in [1.82, 2.24) is 15.2 Å². The molecule has 0 spiro atoms. The van der Waals surface area contributed by atoms with Crippen molar-refractivity contribution >= 4 is 35.0 Å². The first kappa shape index (κ1) is 25.6. The van der Waals surface area contributed by atoms with Crippen molar-refractivity contribution in [2.24, 2.45) is 0 Å². The monoisotopic (exact) mass is 558 g/mol. The summed E-state index contributed by atoms with van der Waals surface area (Å²) in [5, 5.41) is 10.0. The Morgan fingerprint density at radius 1 is 1.05 bits per heavy atom. The summed E-state index contributed by atoms with van der Waals surface area (Å²) in [7, 11) is 0. The van der Waals surface area contributed by atoms with Gasteiger partial charge in [0.1, 0.15) is 5.75 Å². The van der Waals surface area contributed by atoms with Gasteiger partial charge in [0.25, 0.3) is 0 Å². The van der Waals surface area contributed by atoms with E-state index < -0.39 is 6.23 Å². The molecule has 1 aliphatic heterocycles. The molecule has 7 nitrogen and oxygen atoms in total.